The molecule has 0 radical (unpaired) electrons. The van der Waals surface area contributed by atoms with Gasteiger partial charge in [-0.1, -0.05) is 0 Å². The lowest BCUT2D eigenvalue weighted by Gasteiger charge is -2.41. The summed E-state index contributed by atoms with van der Waals surface area (Å²) in [4.78, 5) is 9.68. The van der Waals surface area contributed by atoms with E-state index in [0.29, 0.717) is 0 Å². The molecule has 2 heterocycles. The topological polar surface area (TPSA) is 40.1 Å². The number of morpholine rings is 1. The number of nitrogens with zero attached hydrogens (tertiary/aromatic N) is 3. The van der Waals surface area contributed by atoms with E-state index >= 15 is 0 Å². The molecule has 0 amide bonds. The third-order valence-electron chi connectivity index (χ3n) is 4.19. The summed E-state index contributed by atoms with van der Waals surface area (Å²) < 4.78 is 5.56. The number of likely N-dealkylation sites (tertiary alicyclic amines) is 1. The average molecular weight is 282 g/mol. The van der Waals surface area contributed by atoms with Crippen LogP contribution in [0.1, 0.15) is 33.6 Å². The molecule has 0 unspecified atom stereocenters. The second-order valence-corrected chi connectivity index (χ2v) is 6.28. The largest absolute Gasteiger partial charge is 0.378 e. The second kappa shape index (κ2) is 7.27. The van der Waals surface area contributed by atoms with Crippen molar-refractivity contribution in [2.24, 2.45) is 4.99 Å². The lowest BCUT2D eigenvalue weighted by atomic mass is 10.0. The second-order valence-electron chi connectivity index (χ2n) is 6.28. The van der Waals surface area contributed by atoms with Gasteiger partial charge in [-0.05, 0) is 33.6 Å². The van der Waals surface area contributed by atoms with E-state index in [4.69, 9.17) is 9.73 Å². The SMILES string of the molecule is CCNC(=NCCN1CCOCC1(C)C)N1CCCC1. The van der Waals surface area contributed by atoms with Crippen molar-refractivity contribution in [2.45, 2.75) is 39.2 Å². The Labute approximate surface area is 123 Å². The number of hydrogen-bond donors (Lipinski definition) is 1. The molecule has 0 atom stereocenters. The molecule has 2 fully saturated rings. The third kappa shape index (κ3) is 4.09. The highest BCUT2D eigenvalue weighted by Gasteiger charge is 2.29. The van der Waals surface area contributed by atoms with Crippen LogP contribution in [0.4, 0.5) is 0 Å². The molecule has 0 spiro atoms. The van der Waals surface area contributed by atoms with Gasteiger partial charge in [-0.2, -0.15) is 0 Å². The van der Waals surface area contributed by atoms with E-state index in [2.05, 4.69) is 35.9 Å². The minimum Gasteiger partial charge on any atom is -0.378 e. The first-order valence-corrected chi connectivity index (χ1v) is 7.99. The first kappa shape index (κ1) is 15.6. The van der Waals surface area contributed by atoms with Crippen LogP contribution in [-0.2, 0) is 4.74 Å². The van der Waals surface area contributed by atoms with Crippen molar-refractivity contribution in [2.75, 3.05) is 52.5 Å². The van der Waals surface area contributed by atoms with Crippen LogP contribution in [0.25, 0.3) is 0 Å². The van der Waals surface area contributed by atoms with Gasteiger partial charge in [0.1, 0.15) is 0 Å². The summed E-state index contributed by atoms with van der Waals surface area (Å²) in [7, 11) is 0. The van der Waals surface area contributed by atoms with Gasteiger partial charge in [-0.15, -0.1) is 0 Å². The summed E-state index contributed by atoms with van der Waals surface area (Å²) in [5.41, 5.74) is 0.139. The van der Waals surface area contributed by atoms with E-state index in [0.717, 1.165) is 58.4 Å². The zero-order chi connectivity index (χ0) is 14.4. The van der Waals surface area contributed by atoms with E-state index in [1.54, 1.807) is 0 Å². The van der Waals surface area contributed by atoms with Crippen molar-refractivity contribution in [3.8, 4) is 0 Å². The van der Waals surface area contributed by atoms with Crippen LogP contribution < -0.4 is 5.32 Å². The number of nitrogens with one attached hydrogen (secondary N) is 1. The van der Waals surface area contributed by atoms with Gasteiger partial charge in [0, 0.05) is 38.3 Å². The first-order chi connectivity index (χ1) is 9.63. The fourth-order valence-electron chi connectivity index (χ4n) is 2.94. The fraction of sp³-hybridized carbons (Fsp3) is 0.933. The van der Waals surface area contributed by atoms with Gasteiger partial charge in [-0.3, -0.25) is 9.89 Å². The van der Waals surface area contributed by atoms with Gasteiger partial charge in [0.15, 0.2) is 5.96 Å². The molecule has 2 saturated heterocycles. The Hall–Kier alpha value is -0.810. The molecule has 0 aromatic heterocycles. The Kier molecular flexibility index (Phi) is 5.66. The molecule has 5 heteroatoms. The molecule has 0 aromatic carbocycles. The summed E-state index contributed by atoms with van der Waals surface area (Å²) in [6.07, 6.45) is 2.59. The third-order valence-corrected chi connectivity index (χ3v) is 4.19. The van der Waals surface area contributed by atoms with Crippen molar-refractivity contribution in [3.63, 3.8) is 0 Å². The van der Waals surface area contributed by atoms with Crippen LogP contribution in [-0.4, -0.2) is 73.8 Å². The van der Waals surface area contributed by atoms with E-state index in [1.807, 2.05) is 0 Å². The highest BCUT2D eigenvalue weighted by Crippen LogP contribution is 2.18. The zero-order valence-corrected chi connectivity index (χ0v) is 13.3. The van der Waals surface area contributed by atoms with Gasteiger partial charge in [0.05, 0.1) is 19.8 Å². The van der Waals surface area contributed by atoms with E-state index in [-0.39, 0.29) is 5.54 Å². The van der Waals surface area contributed by atoms with Gasteiger partial charge in [-0.25, -0.2) is 0 Å². The molecule has 0 saturated carbocycles. The Morgan fingerprint density at radius 2 is 2.00 bits per heavy atom. The lowest BCUT2D eigenvalue weighted by Crippen LogP contribution is -2.53. The molecule has 2 aliphatic rings. The molecule has 0 bridgehead atoms. The van der Waals surface area contributed by atoms with Gasteiger partial charge in [0.25, 0.3) is 0 Å². The Balaban J connectivity index is 1.85. The predicted molar refractivity (Wildman–Crippen MR) is 83.3 cm³/mol. The summed E-state index contributed by atoms with van der Waals surface area (Å²) in [5, 5.41) is 3.42. The maximum atomic E-state index is 5.56. The molecule has 1 N–H and O–H groups in total. The Bertz CT molecular complexity index is 324. The molecule has 5 nitrogen and oxygen atoms in total. The Morgan fingerprint density at radius 1 is 1.25 bits per heavy atom. The van der Waals surface area contributed by atoms with Crippen molar-refractivity contribution in [1.82, 2.24) is 15.1 Å². The fourth-order valence-corrected chi connectivity index (χ4v) is 2.94. The molecule has 0 aliphatic carbocycles. The Morgan fingerprint density at radius 3 is 2.65 bits per heavy atom. The smallest absolute Gasteiger partial charge is 0.193 e. The minimum atomic E-state index is 0.139. The van der Waals surface area contributed by atoms with E-state index in [1.165, 1.54) is 12.8 Å². The van der Waals surface area contributed by atoms with Crippen molar-refractivity contribution >= 4 is 5.96 Å². The number of aliphatic imine (C=N–C) groups is 1. The first-order valence-electron chi connectivity index (χ1n) is 7.99. The van der Waals surface area contributed by atoms with Crippen LogP contribution in [0, 0.1) is 0 Å². The average Bonchev–Trinajstić information content (AvgIpc) is 2.93. The van der Waals surface area contributed by atoms with E-state index in [9.17, 15) is 0 Å². The molecule has 2 aliphatic heterocycles. The zero-order valence-electron chi connectivity index (χ0n) is 13.3. The monoisotopic (exact) mass is 282 g/mol. The number of hydrogen-bond acceptors (Lipinski definition) is 3. The molecule has 0 aromatic rings. The maximum absolute atomic E-state index is 5.56. The molecular formula is C15H30N4O. The lowest BCUT2D eigenvalue weighted by molar-refractivity contribution is -0.0491. The maximum Gasteiger partial charge on any atom is 0.193 e. The summed E-state index contributed by atoms with van der Waals surface area (Å²) in [6.45, 7) is 14.4. The molecular weight excluding hydrogens is 252 g/mol. The van der Waals surface area contributed by atoms with Crippen molar-refractivity contribution < 1.29 is 4.74 Å². The minimum absolute atomic E-state index is 0.139. The van der Waals surface area contributed by atoms with Crippen LogP contribution in [0.3, 0.4) is 0 Å². The van der Waals surface area contributed by atoms with Gasteiger partial charge >= 0.3 is 0 Å². The van der Waals surface area contributed by atoms with Crippen LogP contribution in [0.5, 0.6) is 0 Å². The molecule has 116 valence electrons. The summed E-state index contributed by atoms with van der Waals surface area (Å²) >= 11 is 0. The highest BCUT2D eigenvalue weighted by molar-refractivity contribution is 5.80. The van der Waals surface area contributed by atoms with Crippen molar-refractivity contribution in [1.29, 1.82) is 0 Å². The van der Waals surface area contributed by atoms with Crippen LogP contribution >= 0.6 is 0 Å². The van der Waals surface area contributed by atoms with Crippen LogP contribution in [0.2, 0.25) is 0 Å². The number of guanidine groups is 1. The van der Waals surface area contributed by atoms with Crippen LogP contribution in [0.15, 0.2) is 4.99 Å². The van der Waals surface area contributed by atoms with Gasteiger partial charge < -0.3 is 15.0 Å². The summed E-state index contributed by atoms with van der Waals surface area (Å²) in [5.74, 6) is 1.09. The quantitative estimate of drug-likeness (QED) is 0.620. The highest BCUT2D eigenvalue weighted by atomic mass is 16.5. The van der Waals surface area contributed by atoms with Crippen molar-refractivity contribution in [3.05, 3.63) is 0 Å². The van der Waals surface area contributed by atoms with E-state index < -0.39 is 0 Å². The number of ether oxygens (including phenoxy) is 1. The number of rotatable bonds is 4. The molecule has 2 rings (SSSR count). The predicted octanol–water partition coefficient (Wildman–Crippen LogP) is 1.16. The van der Waals surface area contributed by atoms with Gasteiger partial charge in [0.2, 0.25) is 0 Å². The standard InChI is InChI=1S/C15H30N4O/c1-4-16-14(18-8-5-6-9-18)17-7-10-19-11-12-20-13-15(19,2)3/h4-13H2,1-3H3,(H,16,17). The normalized spacial score (nSPS) is 24.1. The summed E-state index contributed by atoms with van der Waals surface area (Å²) in [6, 6.07) is 0. The molecule has 20 heavy (non-hydrogen) atoms.